The van der Waals surface area contributed by atoms with Crippen LogP contribution in [0.1, 0.15) is 152 Å². The Balaban J connectivity index is 1.70. The molecule has 0 unspecified atom stereocenters. The molecule has 0 aromatic carbocycles. The maximum atomic E-state index is 14.1. The van der Waals surface area contributed by atoms with Crippen molar-refractivity contribution in [3.8, 4) is 11.4 Å². The van der Waals surface area contributed by atoms with Crippen LogP contribution < -0.4 is 0 Å². The Kier molecular flexibility index (Phi) is 25.4. The molecule has 2 aromatic rings. The van der Waals surface area contributed by atoms with Gasteiger partial charge in [-0.05, 0) is 73.9 Å². The highest BCUT2D eigenvalue weighted by Gasteiger charge is 2.97. The van der Waals surface area contributed by atoms with Crippen LogP contribution in [0.25, 0.3) is 11.4 Å². The summed E-state index contributed by atoms with van der Waals surface area (Å²) in [5.74, 6) is -113. The van der Waals surface area contributed by atoms with Crippen molar-refractivity contribution in [2.75, 3.05) is 0 Å². The van der Waals surface area contributed by atoms with E-state index >= 15 is 0 Å². The summed E-state index contributed by atoms with van der Waals surface area (Å²) in [6, 6.07) is 7.19. The highest BCUT2D eigenvalue weighted by Crippen LogP contribution is 2.66. The van der Waals surface area contributed by atoms with Crippen molar-refractivity contribution in [2.45, 2.75) is 249 Å². The van der Waals surface area contributed by atoms with Gasteiger partial charge in [-0.15, -0.1) is 0 Å². The molecule has 36 heteroatoms. The van der Waals surface area contributed by atoms with Crippen molar-refractivity contribution in [1.29, 1.82) is 0 Å². The van der Waals surface area contributed by atoms with Crippen molar-refractivity contribution in [3.05, 3.63) is 47.8 Å². The van der Waals surface area contributed by atoms with Gasteiger partial charge in [-0.2, -0.15) is 149 Å². The van der Waals surface area contributed by atoms with Crippen LogP contribution in [0.15, 0.2) is 36.7 Å². The topological polar surface area (TPSA) is 25.8 Å². The SMILES string of the molecule is FC(F)(F)C(F)(F)C(F)(F)C(F)(F)C(F)(F)C(F)(F)C(F)(F)C(F)(F)CCCCCCCCCCCCc1ccnc(-c2cc(CCCCCCCCCCCCC(F)(F)C(F)(F)C(F)(F)C(F)(F)C(F)(F)C(F)(F)C(F)(F)C(F)(F)F)ccn2)c1. The standard InChI is InChI=1S/C50H54F34N2/c51-35(52,37(55,56)39(59,60)41(63,64)43(67,68)45(71,72)47(75,76)49(79,80)81)25-19-15-11-7-3-1-5-9-13-17-21-31-23-27-85-33(29-31)34-30-32(24-28-86-34)22-18-14-10-6-2-4-8-12-16-20-26-36(53,54)38(57,58)40(61,62)42(65,66)44(69,70)46(73,74)48(77,78)50(82,83)84/h23-24,27-30H,1-22,25-26H2. The zero-order valence-corrected chi connectivity index (χ0v) is 44.2. The fourth-order valence-electron chi connectivity index (χ4n) is 8.43. The molecule has 0 spiro atoms. The average molecular weight is 1330 g/mol. The van der Waals surface area contributed by atoms with Crippen LogP contribution in [0, 0.1) is 0 Å². The maximum Gasteiger partial charge on any atom is 0.460 e. The summed E-state index contributed by atoms with van der Waals surface area (Å²) in [6.07, 6.45) is -11.5. The first-order chi connectivity index (χ1) is 38.6. The molecule has 0 saturated carbocycles. The second-order valence-corrected chi connectivity index (χ2v) is 20.5. The second-order valence-electron chi connectivity index (χ2n) is 20.5. The smallest absolute Gasteiger partial charge is 0.255 e. The van der Waals surface area contributed by atoms with Gasteiger partial charge in [0.2, 0.25) is 0 Å². The lowest BCUT2D eigenvalue weighted by Gasteiger charge is -2.42. The third-order valence-corrected chi connectivity index (χ3v) is 13.9. The minimum atomic E-state index is -8.66. The monoisotopic (exact) mass is 1330 g/mol. The lowest BCUT2D eigenvalue weighted by molar-refractivity contribution is -0.461. The number of halogens is 34. The van der Waals surface area contributed by atoms with E-state index in [1.807, 2.05) is 12.1 Å². The van der Waals surface area contributed by atoms with Gasteiger partial charge in [0.15, 0.2) is 0 Å². The van der Waals surface area contributed by atoms with Crippen molar-refractivity contribution in [2.24, 2.45) is 0 Å². The zero-order valence-electron chi connectivity index (χ0n) is 44.2. The van der Waals surface area contributed by atoms with Crippen LogP contribution in [-0.2, 0) is 12.8 Å². The molecule has 0 aliphatic carbocycles. The van der Waals surface area contributed by atoms with Crippen LogP contribution in [0.2, 0.25) is 0 Å². The van der Waals surface area contributed by atoms with Crippen LogP contribution in [0.5, 0.6) is 0 Å². The van der Waals surface area contributed by atoms with E-state index < -0.39 is 134 Å². The van der Waals surface area contributed by atoms with Gasteiger partial charge in [0, 0.05) is 25.2 Å². The summed E-state index contributed by atoms with van der Waals surface area (Å²) in [5.41, 5.74) is 2.92. The van der Waals surface area contributed by atoms with Gasteiger partial charge in [0.25, 0.3) is 0 Å². The van der Waals surface area contributed by atoms with Gasteiger partial charge in [0.1, 0.15) is 0 Å². The number of aromatic nitrogens is 2. The Morgan fingerprint density at radius 3 is 0.628 bits per heavy atom. The first kappa shape index (κ1) is 78.0. The maximum absolute atomic E-state index is 14.1. The summed E-state index contributed by atoms with van der Waals surface area (Å²) in [6.45, 7) is 0. The number of aryl methyl sites for hydroxylation is 2. The molecular weight excluding hydrogens is 1270 g/mol. The molecule has 0 amide bonds. The third-order valence-electron chi connectivity index (χ3n) is 13.9. The van der Waals surface area contributed by atoms with Crippen LogP contribution in [-0.4, -0.2) is 105 Å². The lowest BCUT2D eigenvalue weighted by atomic mass is 9.87. The minimum absolute atomic E-state index is 0.0403. The normalized spacial score (nSPS) is 15.0. The van der Waals surface area contributed by atoms with Crippen molar-refractivity contribution >= 4 is 0 Å². The van der Waals surface area contributed by atoms with Crippen molar-refractivity contribution < 1.29 is 149 Å². The minimum Gasteiger partial charge on any atom is -0.255 e. The number of pyridine rings is 2. The van der Waals surface area contributed by atoms with E-state index in [4.69, 9.17) is 0 Å². The van der Waals surface area contributed by atoms with Gasteiger partial charge in [0.05, 0.1) is 11.4 Å². The van der Waals surface area contributed by atoms with Crippen molar-refractivity contribution in [1.82, 2.24) is 9.97 Å². The molecule has 0 aliphatic heterocycles. The fraction of sp³-hybridized carbons (Fsp3) is 0.800. The molecule has 0 radical (unpaired) electrons. The fourth-order valence-corrected chi connectivity index (χ4v) is 8.43. The largest absolute Gasteiger partial charge is 0.460 e. The van der Waals surface area contributed by atoms with Gasteiger partial charge >= 0.3 is 95.3 Å². The van der Waals surface area contributed by atoms with Crippen LogP contribution in [0.3, 0.4) is 0 Å². The molecule has 2 rings (SSSR count). The van der Waals surface area contributed by atoms with E-state index in [9.17, 15) is 149 Å². The quantitative estimate of drug-likeness (QED) is 0.0492. The number of hydrogen-bond donors (Lipinski definition) is 0. The molecule has 0 fully saturated rings. The predicted octanol–water partition coefficient (Wildman–Crippen LogP) is 21.8. The van der Waals surface area contributed by atoms with E-state index in [1.54, 1.807) is 24.5 Å². The lowest BCUT2D eigenvalue weighted by Crippen LogP contribution is -2.74. The number of alkyl halides is 34. The number of rotatable bonds is 39. The Bertz CT molecular complexity index is 2230. The molecule has 0 atom stereocenters. The van der Waals surface area contributed by atoms with E-state index in [-0.39, 0.29) is 25.7 Å². The highest BCUT2D eigenvalue weighted by atomic mass is 19.4. The Morgan fingerprint density at radius 1 is 0.221 bits per heavy atom. The summed E-state index contributed by atoms with van der Waals surface area (Å²) in [5, 5.41) is 0. The van der Waals surface area contributed by atoms with Gasteiger partial charge in [-0.1, -0.05) is 103 Å². The number of nitrogens with zero attached hydrogens (tertiary/aromatic N) is 2. The molecule has 0 saturated heterocycles. The van der Waals surface area contributed by atoms with Crippen molar-refractivity contribution in [3.63, 3.8) is 0 Å². The molecule has 86 heavy (non-hydrogen) atoms. The third kappa shape index (κ3) is 15.7. The molecule has 502 valence electrons. The predicted molar refractivity (Wildman–Crippen MR) is 238 cm³/mol. The first-order valence-corrected chi connectivity index (χ1v) is 26.0. The molecule has 0 bridgehead atoms. The molecule has 0 N–H and O–H groups in total. The molecule has 2 aromatic heterocycles. The number of unbranched alkanes of at least 4 members (excludes halogenated alkanes) is 18. The van der Waals surface area contributed by atoms with E-state index in [1.165, 1.54) is 0 Å². The molecular formula is C50H54F34N2. The summed E-state index contributed by atoms with van der Waals surface area (Å²) in [4.78, 5) is 8.71. The van der Waals surface area contributed by atoms with Gasteiger partial charge in [-0.25, -0.2) is 0 Å². The van der Waals surface area contributed by atoms with Gasteiger partial charge < -0.3 is 0 Å². The molecule has 2 heterocycles. The Labute approximate surface area is 467 Å². The van der Waals surface area contributed by atoms with Gasteiger partial charge in [-0.3, -0.25) is 9.97 Å². The Morgan fingerprint density at radius 2 is 0.407 bits per heavy atom. The van der Waals surface area contributed by atoms with Crippen LogP contribution >= 0.6 is 0 Å². The average Bonchev–Trinajstić information content (AvgIpc) is 0.713. The Hall–Kier alpha value is -4.08. The highest BCUT2D eigenvalue weighted by molar-refractivity contribution is 5.55. The first-order valence-electron chi connectivity index (χ1n) is 26.0. The second kappa shape index (κ2) is 28.0. The van der Waals surface area contributed by atoms with E-state index in [0.29, 0.717) is 88.4 Å². The zero-order chi connectivity index (χ0) is 66.9. The van der Waals surface area contributed by atoms with Crippen LogP contribution in [0.4, 0.5) is 149 Å². The van der Waals surface area contributed by atoms with E-state index in [2.05, 4.69) is 9.97 Å². The molecule has 2 nitrogen and oxygen atoms in total. The summed E-state index contributed by atoms with van der Waals surface area (Å²) < 4.78 is 458. The summed E-state index contributed by atoms with van der Waals surface area (Å²) in [7, 11) is 0. The summed E-state index contributed by atoms with van der Waals surface area (Å²) >= 11 is 0. The molecule has 0 aliphatic rings. The number of hydrogen-bond acceptors (Lipinski definition) is 2. The van der Waals surface area contributed by atoms with E-state index in [0.717, 1.165) is 24.0 Å².